The Hall–Kier alpha value is -0.860. The second-order valence-electron chi connectivity index (χ2n) is 3.79. The predicted octanol–water partition coefficient (Wildman–Crippen LogP) is 3.72. The van der Waals surface area contributed by atoms with Crippen LogP contribution in [-0.4, -0.2) is 17.8 Å². The summed E-state index contributed by atoms with van der Waals surface area (Å²) in [6, 6.07) is 0. The summed E-state index contributed by atoms with van der Waals surface area (Å²) < 4.78 is 11.7. The number of aliphatic carboxylic acids is 1. The zero-order chi connectivity index (χ0) is 11.5. The Labute approximate surface area is 91.2 Å². The van der Waals surface area contributed by atoms with Crippen molar-refractivity contribution in [2.24, 2.45) is 0 Å². The van der Waals surface area contributed by atoms with E-state index in [-0.39, 0.29) is 6.67 Å². The van der Waals surface area contributed by atoms with Gasteiger partial charge in [-0.05, 0) is 26.2 Å². The lowest BCUT2D eigenvalue weighted by atomic mass is 10.1. The third-order valence-electron chi connectivity index (χ3n) is 2.38. The summed E-state index contributed by atoms with van der Waals surface area (Å²) in [5.74, 6) is -0.835. The molecule has 0 unspecified atom stereocenters. The number of rotatable bonds is 9. The first kappa shape index (κ1) is 14.1. The number of unbranched alkanes of at least 4 members (excludes halogenated alkanes) is 6. The van der Waals surface area contributed by atoms with E-state index in [1.165, 1.54) is 0 Å². The monoisotopic (exact) mass is 216 g/mol. The maximum absolute atomic E-state index is 11.7. The van der Waals surface area contributed by atoms with Crippen LogP contribution >= 0.6 is 0 Å². The average molecular weight is 216 g/mol. The Bertz CT molecular complexity index is 200. The van der Waals surface area contributed by atoms with Gasteiger partial charge in [-0.3, -0.25) is 4.39 Å². The molecular weight excluding hydrogens is 195 g/mol. The van der Waals surface area contributed by atoms with E-state index in [1.54, 1.807) is 13.0 Å². The second kappa shape index (κ2) is 9.69. The number of carbonyl (C=O) groups is 1. The van der Waals surface area contributed by atoms with Gasteiger partial charge < -0.3 is 5.11 Å². The van der Waals surface area contributed by atoms with Crippen LogP contribution < -0.4 is 0 Å². The highest BCUT2D eigenvalue weighted by Crippen LogP contribution is 2.08. The highest BCUT2D eigenvalue weighted by Gasteiger charge is 1.97. The number of allylic oxidation sites excluding steroid dienone is 1. The molecule has 0 saturated heterocycles. The van der Waals surface area contributed by atoms with E-state index >= 15 is 0 Å². The van der Waals surface area contributed by atoms with Crippen molar-refractivity contribution < 1.29 is 14.3 Å². The molecule has 0 atom stereocenters. The number of hydrogen-bond acceptors (Lipinski definition) is 1. The van der Waals surface area contributed by atoms with Crippen molar-refractivity contribution >= 4 is 5.97 Å². The molecule has 3 heteroatoms. The summed E-state index contributed by atoms with van der Waals surface area (Å²) in [4.78, 5) is 10.4. The van der Waals surface area contributed by atoms with Crippen LogP contribution in [0.2, 0.25) is 0 Å². The molecule has 0 bridgehead atoms. The number of hydrogen-bond donors (Lipinski definition) is 1. The average Bonchev–Trinajstić information content (AvgIpc) is 2.21. The van der Waals surface area contributed by atoms with Gasteiger partial charge in [-0.1, -0.05) is 31.8 Å². The van der Waals surface area contributed by atoms with Gasteiger partial charge in [0.1, 0.15) is 0 Å². The fourth-order valence-corrected chi connectivity index (χ4v) is 1.35. The SMILES string of the molecule is CC(=CCCCCCCCCF)C(=O)O. The molecule has 0 aromatic rings. The van der Waals surface area contributed by atoms with Crippen LogP contribution in [0.4, 0.5) is 4.39 Å². The molecule has 0 radical (unpaired) electrons. The van der Waals surface area contributed by atoms with E-state index in [1.807, 2.05) is 0 Å². The van der Waals surface area contributed by atoms with Gasteiger partial charge in [0, 0.05) is 5.57 Å². The quantitative estimate of drug-likeness (QED) is 0.471. The smallest absolute Gasteiger partial charge is 0.330 e. The summed E-state index contributed by atoms with van der Waals surface area (Å²) in [5.41, 5.74) is 0.424. The molecule has 88 valence electrons. The number of carboxylic acids is 1. The van der Waals surface area contributed by atoms with Crippen LogP contribution in [-0.2, 0) is 4.79 Å². The Morgan fingerprint density at radius 1 is 1.13 bits per heavy atom. The van der Waals surface area contributed by atoms with Crippen LogP contribution in [0.5, 0.6) is 0 Å². The topological polar surface area (TPSA) is 37.3 Å². The lowest BCUT2D eigenvalue weighted by Gasteiger charge is -1.98. The highest BCUT2D eigenvalue weighted by molar-refractivity contribution is 5.85. The molecule has 0 aliphatic heterocycles. The van der Waals surface area contributed by atoms with E-state index in [0.29, 0.717) is 12.0 Å². The summed E-state index contributed by atoms with van der Waals surface area (Å²) in [7, 11) is 0. The molecule has 0 aromatic carbocycles. The Kier molecular flexibility index (Phi) is 9.13. The van der Waals surface area contributed by atoms with Gasteiger partial charge in [0.15, 0.2) is 0 Å². The third kappa shape index (κ3) is 9.44. The first-order chi connectivity index (χ1) is 7.18. The fourth-order valence-electron chi connectivity index (χ4n) is 1.35. The van der Waals surface area contributed by atoms with Crippen LogP contribution in [0.3, 0.4) is 0 Å². The van der Waals surface area contributed by atoms with Gasteiger partial charge in [0.05, 0.1) is 6.67 Å². The standard InChI is InChI=1S/C12H21FO2/c1-11(12(14)15)9-7-5-3-2-4-6-8-10-13/h9H,2-8,10H2,1H3,(H,14,15). The molecule has 15 heavy (non-hydrogen) atoms. The molecular formula is C12H21FO2. The Morgan fingerprint density at radius 2 is 1.67 bits per heavy atom. The van der Waals surface area contributed by atoms with Gasteiger partial charge in [-0.2, -0.15) is 0 Å². The minimum atomic E-state index is -0.835. The number of halogens is 1. The van der Waals surface area contributed by atoms with E-state index in [0.717, 1.165) is 38.5 Å². The van der Waals surface area contributed by atoms with Gasteiger partial charge in [-0.15, -0.1) is 0 Å². The van der Waals surface area contributed by atoms with Crippen molar-refractivity contribution in [1.82, 2.24) is 0 Å². The van der Waals surface area contributed by atoms with E-state index in [9.17, 15) is 9.18 Å². The maximum Gasteiger partial charge on any atom is 0.330 e. The highest BCUT2D eigenvalue weighted by atomic mass is 19.1. The first-order valence-corrected chi connectivity index (χ1v) is 5.64. The predicted molar refractivity (Wildman–Crippen MR) is 59.7 cm³/mol. The molecule has 0 rings (SSSR count). The number of carboxylic acid groups (broad SMARTS) is 1. The maximum atomic E-state index is 11.7. The van der Waals surface area contributed by atoms with Gasteiger partial charge in [0.25, 0.3) is 0 Å². The zero-order valence-electron chi connectivity index (χ0n) is 9.47. The van der Waals surface area contributed by atoms with Crippen LogP contribution in [0.1, 0.15) is 51.9 Å². The normalized spacial score (nSPS) is 11.7. The summed E-state index contributed by atoms with van der Waals surface area (Å²) in [6.45, 7) is 1.41. The lowest BCUT2D eigenvalue weighted by molar-refractivity contribution is -0.132. The van der Waals surface area contributed by atoms with Crippen LogP contribution in [0.25, 0.3) is 0 Å². The summed E-state index contributed by atoms with van der Waals surface area (Å²) in [5, 5.41) is 8.58. The van der Waals surface area contributed by atoms with Crippen molar-refractivity contribution in [3.63, 3.8) is 0 Å². The van der Waals surface area contributed by atoms with E-state index < -0.39 is 5.97 Å². The molecule has 0 heterocycles. The van der Waals surface area contributed by atoms with Crippen molar-refractivity contribution in [1.29, 1.82) is 0 Å². The van der Waals surface area contributed by atoms with Crippen molar-refractivity contribution in [3.05, 3.63) is 11.6 Å². The summed E-state index contributed by atoms with van der Waals surface area (Å²) in [6.07, 6.45) is 8.60. The van der Waals surface area contributed by atoms with Crippen molar-refractivity contribution in [2.75, 3.05) is 6.67 Å². The fraction of sp³-hybridized carbons (Fsp3) is 0.750. The Morgan fingerprint density at radius 3 is 2.20 bits per heavy atom. The lowest BCUT2D eigenvalue weighted by Crippen LogP contribution is -1.95. The largest absolute Gasteiger partial charge is 0.478 e. The van der Waals surface area contributed by atoms with Crippen LogP contribution in [0.15, 0.2) is 11.6 Å². The minimum absolute atomic E-state index is 0.208. The first-order valence-electron chi connectivity index (χ1n) is 5.64. The van der Waals surface area contributed by atoms with Gasteiger partial charge in [0.2, 0.25) is 0 Å². The van der Waals surface area contributed by atoms with Crippen molar-refractivity contribution in [3.8, 4) is 0 Å². The Balaban J connectivity index is 3.25. The van der Waals surface area contributed by atoms with Gasteiger partial charge in [-0.25, -0.2) is 4.79 Å². The molecule has 1 N–H and O–H groups in total. The van der Waals surface area contributed by atoms with Crippen molar-refractivity contribution in [2.45, 2.75) is 51.9 Å². The van der Waals surface area contributed by atoms with Crippen LogP contribution in [0, 0.1) is 0 Å². The second-order valence-corrected chi connectivity index (χ2v) is 3.79. The van der Waals surface area contributed by atoms with Gasteiger partial charge >= 0.3 is 5.97 Å². The molecule has 0 aromatic heterocycles. The molecule has 0 aliphatic rings. The minimum Gasteiger partial charge on any atom is -0.478 e. The zero-order valence-corrected chi connectivity index (χ0v) is 9.47. The van der Waals surface area contributed by atoms with E-state index in [2.05, 4.69) is 0 Å². The molecule has 0 spiro atoms. The molecule has 0 aliphatic carbocycles. The molecule has 0 fully saturated rings. The summed E-state index contributed by atoms with van der Waals surface area (Å²) >= 11 is 0. The third-order valence-corrected chi connectivity index (χ3v) is 2.38. The molecule has 0 saturated carbocycles. The molecule has 2 nitrogen and oxygen atoms in total. The number of alkyl halides is 1. The molecule has 0 amide bonds. The van der Waals surface area contributed by atoms with E-state index in [4.69, 9.17) is 5.11 Å².